The summed E-state index contributed by atoms with van der Waals surface area (Å²) in [5.41, 5.74) is 1.54. The molecular weight excluding hydrogens is 471 g/mol. The third-order valence-electron chi connectivity index (χ3n) is 5.31. The van der Waals surface area contributed by atoms with Crippen molar-refractivity contribution < 1.29 is 37.5 Å². The zero-order valence-corrected chi connectivity index (χ0v) is 22.1. The zero-order valence-electron chi connectivity index (χ0n) is 21.2. The lowest BCUT2D eigenvalue weighted by atomic mass is 10.1. The van der Waals surface area contributed by atoms with Crippen LogP contribution in [0, 0.1) is 0 Å². The molecule has 0 spiro atoms. The van der Waals surface area contributed by atoms with E-state index in [1.807, 2.05) is 24.3 Å². The summed E-state index contributed by atoms with van der Waals surface area (Å²) in [7, 11) is 1.83. The first kappa shape index (κ1) is 28.6. The Morgan fingerprint density at radius 2 is 1.31 bits per heavy atom. The van der Waals surface area contributed by atoms with Gasteiger partial charge in [0.2, 0.25) is 5.75 Å². The van der Waals surface area contributed by atoms with E-state index in [0.717, 1.165) is 30.4 Å². The minimum Gasteiger partial charge on any atom is -0.493 e. The smallest absolute Gasteiger partial charge is 0.493 e. The molecule has 1 atom stereocenters. The summed E-state index contributed by atoms with van der Waals surface area (Å²) in [6, 6.07) is 8.72. The molecule has 0 radical (unpaired) electrons. The molecule has 0 heterocycles. The van der Waals surface area contributed by atoms with Gasteiger partial charge in [-0.05, 0) is 41.8 Å². The van der Waals surface area contributed by atoms with E-state index in [2.05, 4.69) is 6.92 Å². The van der Waals surface area contributed by atoms with Gasteiger partial charge in [-0.25, -0.2) is 4.57 Å². The molecule has 2 aromatic rings. The van der Waals surface area contributed by atoms with Gasteiger partial charge in [-0.15, -0.1) is 0 Å². The lowest BCUT2D eigenvalue weighted by Gasteiger charge is -2.16. The van der Waals surface area contributed by atoms with Crippen molar-refractivity contribution in [3.8, 4) is 28.7 Å². The second-order valence-corrected chi connectivity index (χ2v) is 9.24. The quantitative estimate of drug-likeness (QED) is 0.151. The predicted octanol–water partition coefficient (Wildman–Crippen LogP) is 6.75. The van der Waals surface area contributed by atoms with Crippen LogP contribution in [0.25, 0.3) is 12.2 Å². The van der Waals surface area contributed by atoms with Gasteiger partial charge >= 0.3 is 7.82 Å². The van der Waals surface area contributed by atoms with Crippen molar-refractivity contribution in [1.29, 1.82) is 0 Å². The maximum Gasteiger partial charge on any atom is 0.527 e. The largest absolute Gasteiger partial charge is 0.527 e. The van der Waals surface area contributed by atoms with E-state index in [9.17, 15) is 9.46 Å². The molecule has 0 aliphatic heterocycles. The van der Waals surface area contributed by atoms with Gasteiger partial charge in [-0.3, -0.25) is 9.42 Å². The molecule has 0 aromatic heterocycles. The molecule has 35 heavy (non-hydrogen) atoms. The molecule has 0 bridgehead atoms. The van der Waals surface area contributed by atoms with Crippen LogP contribution in [0.2, 0.25) is 0 Å². The molecule has 2 aromatic carbocycles. The second kappa shape index (κ2) is 14.7. The van der Waals surface area contributed by atoms with Gasteiger partial charge in [0.25, 0.3) is 0 Å². The minimum absolute atomic E-state index is 0.119. The monoisotopic (exact) mass is 508 g/mol. The average Bonchev–Trinajstić information content (AvgIpc) is 2.86. The molecule has 1 unspecified atom stereocenters. The normalized spacial score (nSPS) is 12.9. The number of phosphoric acid groups is 1. The molecule has 2 rings (SSSR count). The van der Waals surface area contributed by atoms with Gasteiger partial charge in [-0.1, -0.05) is 57.2 Å². The fourth-order valence-corrected chi connectivity index (χ4v) is 4.28. The number of rotatable bonds is 16. The molecule has 9 heteroatoms. The van der Waals surface area contributed by atoms with Crippen molar-refractivity contribution in [3.63, 3.8) is 0 Å². The van der Waals surface area contributed by atoms with Crippen LogP contribution >= 0.6 is 7.82 Å². The van der Waals surface area contributed by atoms with E-state index in [1.54, 1.807) is 39.5 Å². The Hall–Kier alpha value is -2.67. The zero-order chi connectivity index (χ0) is 25.7. The molecule has 0 aliphatic rings. The lowest BCUT2D eigenvalue weighted by Crippen LogP contribution is -2.01. The first-order valence-corrected chi connectivity index (χ1v) is 13.2. The Kier molecular flexibility index (Phi) is 12.0. The average molecular weight is 509 g/mol. The van der Waals surface area contributed by atoms with Crippen LogP contribution in [0.1, 0.15) is 56.6 Å². The standard InChI is InChI=1S/C26H37O8P/c1-6-7-8-9-10-11-16-33-35(27,28)34-23-17-20(14-15-22(23)29-2)12-13-21-18-24(30-3)26(32-5)25(19-21)31-4/h12-15,17-19H,6-11,16H2,1-5H3,(H,27,28)/b13-12-. The van der Waals surface area contributed by atoms with E-state index in [-0.39, 0.29) is 12.4 Å². The molecular formula is C26H37O8P. The lowest BCUT2D eigenvalue weighted by molar-refractivity contribution is 0.197. The highest BCUT2D eigenvalue weighted by Gasteiger charge is 2.24. The first-order valence-electron chi connectivity index (χ1n) is 11.7. The fourth-order valence-electron chi connectivity index (χ4n) is 3.47. The van der Waals surface area contributed by atoms with Crippen molar-refractivity contribution in [3.05, 3.63) is 41.5 Å². The van der Waals surface area contributed by atoms with Crippen molar-refractivity contribution in [2.24, 2.45) is 0 Å². The Morgan fingerprint density at radius 1 is 0.743 bits per heavy atom. The molecule has 0 fully saturated rings. The van der Waals surface area contributed by atoms with Gasteiger partial charge < -0.3 is 23.5 Å². The van der Waals surface area contributed by atoms with E-state index in [1.165, 1.54) is 20.0 Å². The van der Waals surface area contributed by atoms with Crippen molar-refractivity contribution >= 4 is 20.0 Å². The maximum absolute atomic E-state index is 12.5. The third kappa shape index (κ3) is 9.13. The van der Waals surface area contributed by atoms with Crippen molar-refractivity contribution in [2.45, 2.75) is 45.4 Å². The van der Waals surface area contributed by atoms with Crippen molar-refractivity contribution in [1.82, 2.24) is 0 Å². The number of unbranched alkanes of at least 4 members (excludes halogenated alkanes) is 5. The van der Waals surface area contributed by atoms with Crippen LogP contribution in [-0.4, -0.2) is 39.9 Å². The predicted molar refractivity (Wildman–Crippen MR) is 138 cm³/mol. The third-order valence-corrected chi connectivity index (χ3v) is 6.25. The van der Waals surface area contributed by atoms with Gasteiger partial charge in [0.1, 0.15) is 0 Å². The number of benzene rings is 2. The molecule has 8 nitrogen and oxygen atoms in total. The summed E-state index contributed by atoms with van der Waals surface area (Å²) in [5.74, 6) is 2.02. The Labute approximate surface area is 208 Å². The van der Waals surface area contributed by atoms with Gasteiger partial charge in [-0.2, -0.15) is 0 Å². The van der Waals surface area contributed by atoms with Crippen molar-refractivity contribution in [2.75, 3.05) is 35.0 Å². The summed E-state index contributed by atoms with van der Waals surface area (Å²) in [6.45, 7) is 2.32. The Morgan fingerprint density at radius 3 is 1.91 bits per heavy atom. The number of ether oxygens (including phenoxy) is 4. The summed E-state index contributed by atoms with van der Waals surface area (Å²) in [6.07, 6.45) is 9.95. The van der Waals surface area contributed by atoms with E-state index >= 15 is 0 Å². The minimum atomic E-state index is -4.29. The SMILES string of the molecule is CCCCCCCCOP(=O)(O)Oc1cc(/C=C\c2cc(OC)c(OC)c(OC)c2)ccc1OC. The van der Waals surface area contributed by atoms with Crippen LogP contribution in [-0.2, 0) is 9.09 Å². The number of hydrogen-bond donors (Lipinski definition) is 1. The van der Waals surface area contributed by atoms with Crippen LogP contribution in [0.3, 0.4) is 0 Å². The van der Waals surface area contributed by atoms with E-state index < -0.39 is 7.82 Å². The molecule has 0 saturated heterocycles. The second-order valence-electron chi connectivity index (χ2n) is 7.86. The first-order chi connectivity index (χ1) is 16.9. The highest BCUT2D eigenvalue weighted by Crippen LogP contribution is 2.47. The summed E-state index contributed by atoms with van der Waals surface area (Å²) >= 11 is 0. The van der Waals surface area contributed by atoms with E-state index in [0.29, 0.717) is 29.4 Å². The molecule has 0 amide bonds. The summed E-state index contributed by atoms with van der Waals surface area (Å²) < 4.78 is 44.4. The maximum atomic E-state index is 12.5. The van der Waals surface area contributed by atoms with Crippen LogP contribution < -0.4 is 23.5 Å². The van der Waals surface area contributed by atoms with Gasteiger partial charge in [0.05, 0.1) is 35.0 Å². The summed E-state index contributed by atoms with van der Waals surface area (Å²) in [5, 5.41) is 0. The van der Waals surface area contributed by atoms with Crippen LogP contribution in [0.15, 0.2) is 30.3 Å². The molecule has 1 N–H and O–H groups in total. The van der Waals surface area contributed by atoms with E-state index in [4.69, 9.17) is 28.0 Å². The van der Waals surface area contributed by atoms with Crippen LogP contribution in [0.4, 0.5) is 0 Å². The number of phosphoric ester groups is 1. The highest BCUT2D eigenvalue weighted by molar-refractivity contribution is 7.47. The Balaban J connectivity index is 2.11. The number of methoxy groups -OCH3 is 4. The van der Waals surface area contributed by atoms with Gasteiger partial charge in [0, 0.05) is 0 Å². The number of hydrogen-bond acceptors (Lipinski definition) is 7. The molecule has 0 saturated carbocycles. The Bertz CT molecular complexity index is 980. The molecule has 194 valence electrons. The highest BCUT2D eigenvalue weighted by atomic mass is 31.2. The van der Waals surface area contributed by atoms with Gasteiger partial charge in [0.15, 0.2) is 23.0 Å². The fraction of sp³-hybridized carbons (Fsp3) is 0.462. The summed E-state index contributed by atoms with van der Waals surface area (Å²) in [4.78, 5) is 10.2. The molecule has 0 aliphatic carbocycles. The van der Waals surface area contributed by atoms with Crippen LogP contribution in [0.5, 0.6) is 28.7 Å². The topological polar surface area (TPSA) is 92.7 Å².